The van der Waals surface area contributed by atoms with Crippen molar-refractivity contribution in [1.82, 2.24) is 0 Å². The van der Waals surface area contributed by atoms with Crippen molar-refractivity contribution in [1.29, 1.82) is 0 Å². The van der Waals surface area contributed by atoms with Crippen molar-refractivity contribution in [2.45, 2.75) is 24.8 Å². The lowest BCUT2D eigenvalue weighted by Gasteiger charge is -2.28. The molecular weight excluding hydrogens is 271 g/mol. The molecule has 0 spiro atoms. The van der Waals surface area contributed by atoms with E-state index in [1.165, 1.54) is 7.11 Å². The Hall–Kier alpha value is -1.82. The van der Waals surface area contributed by atoms with E-state index < -0.39 is 35.4 Å². The van der Waals surface area contributed by atoms with E-state index in [9.17, 15) is 18.0 Å². The Balaban J connectivity index is 2.30. The first-order valence-electron chi connectivity index (χ1n) is 6.11. The number of allylic oxidation sites excluding steroid dienone is 1. The quantitative estimate of drug-likeness (QED) is 0.670. The highest BCUT2D eigenvalue weighted by molar-refractivity contribution is 5.88. The fourth-order valence-electron chi connectivity index (χ4n) is 2.40. The van der Waals surface area contributed by atoms with Gasteiger partial charge in [0.1, 0.15) is 5.82 Å². The van der Waals surface area contributed by atoms with Crippen molar-refractivity contribution < 1.29 is 22.7 Å². The zero-order valence-electron chi connectivity index (χ0n) is 10.8. The summed E-state index contributed by atoms with van der Waals surface area (Å²) in [7, 11) is 1.26. The molecule has 0 aliphatic heterocycles. The van der Waals surface area contributed by atoms with Crippen molar-refractivity contribution >= 4 is 5.97 Å². The Morgan fingerprint density at radius 3 is 2.50 bits per heavy atom. The molecule has 0 saturated heterocycles. The Morgan fingerprint density at radius 1 is 1.25 bits per heavy atom. The second-order valence-electron chi connectivity index (χ2n) is 4.72. The fraction of sp³-hybridized carbons (Fsp3) is 0.357. The van der Waals surface area contributed by atoms with Gasteiger partial charge in [-0.15, -0.1) is 0 Å². The monoisotopic (exact) mass is 285 g/mol. The van der Waals surface area contributed by atoms with Crippen LogP contribution in [0.3, 0.4) is 0 Å². The molecular formula is C14H14F3NO2. The zero-order valence-corrected chi connectivity index (χ0v) is 10.8. The topological polar surface area (TPSA) is 52.3 Å². The molecule has 0 saturated carbocycles. The van der Waals surface area contributed by atoms with Crippen LogP contribution in [0.5, 0.6) is 0 Å². The van der Waals surface area contributed by atoms with Crippen LogP contribution in [-0.2, 0) is 9.53 Å². The van der Waals surface area contributed by atoms with E-state index in [4.69, 9.17) is 5.73 Å². The second kappa shape index (κ2) is 5.66. The van der Waals surface area contributed by atoms with E-state index in [1.54, 1.807) is 6.08 Å². The summed E-state index contributed by atoms with van der Waals surface area (Å²) in [6.07, 6.45) is 2.07. The largest absolute Gasteiger partial charge is 0.466 e. The Kier molecular flexibility index (Phi) is 4.13. The zero-order chi connectivity index (χ0) is 14.9. The lowest BCUT2D eigenvalue weighted by Crippen LogP contribution is -2.33. The fourth-order valence-corrected chi connectivity index (χ4v) is 2.40. The van der Waals surface area contributed by atoms with Crippen molar-refractivity contribution in [2.24, 2.45) is 5.73 Å². The van der Waals surface area contributed by atoms with Gasteiger partial charge in [-0.2, -0.15) is 0 Å². The molecule has 0 bridgehead atoms. The van der Waals surface area contributed by atoms with Gasteiger partial charge >= 0.3 is 5.97 Å². The average Bonchev–Trinajstić information content (AvgIpc) is 2.42. The van der Waals surface area contributed by atoms with Gasteiger partial charge in [0.15, 0.2) is 11.6 Å². The summed E-state index contributed by atoms with van der Waals surface area (Å²) < 4.78 is 44.5. The molecule has 2 rings (SSSR count). The van der Waals surface area contributed by atoms with Crippen molar-refractivity contribution in [3.8, 4) is 0 Å². The van der Waals surface area contributed by atoms with Crippen LogP contribution in [0.15, 0.2) is 23.8 Å². The number of methoxy groups -OCH3 is 1. The highest BCUT2D eigenvalue weighted by Crippen LogP contribution is 2.34. The van der Waals surface area contributed by atoms with Gasteiger partial charge in [0.2, 0.25) is 0 Å². The normalized spacial score (nSPS) is 22.4. The van der Waals surface area contributed by atoms with Gasteiger partial charge in [0.05, 0.1) is 7.11 Å². The minimum absolute atomic E-state index is 0.0246. The van der Waals surface area contributed by atoms with Crippen molar-refractivity contribution in [2.75, 3.05) is 7.11 Å². The van der Waals surface area contributed by atoms with Crippen LogP contribution in [0.25, 0.3) is 0 Å². The number of rotatable bonds is 2. The molecule has 1 aliphatic carbocycles. The molecule has 108 valence electrons. The molecule has 2 atom stereocenters. The van der Waals surface area contributed by atoms with Crippen LogP contribution in [0.4, 0.5) is 13.2 Å². The van der Waals surface area contributed by atoms with Gasteiger partial charge in [0.25, 0.3) is 0 Å². The van der Waals surface area contributed by atoms with Gasteiger partial charge in [-0.1, -0.05) is 6.08 Å². The van der Waals surface area contributed by atoms with Crippen LogP contribution in [0.2, 0.25) is 0 Å². The highest BCUT2D eigenvalue weighted by Gasteiger charge is 2.29. The molecule has 6 heteroatoms. The summed E-state index contributed by atoms with van der Waals surface area (Å²) in [5.74, 6) is -4.17. The second-order valence-corrected chi connectivity index (χ2v) is 4.72. The minimum Gasteiger partial charge on any atom is -0.466 e. The van der Waals surface area contributed by atoms with Gasteiger partial charge in [-0.25, -0.2) is 18.0 Å². The number of carbonyl (C=O) groups excluding carboxylic acids is 1. The lowest BCUT2D eigenvalue weighted by molar-refractivity contribution is -0.136. The molecule has 0 amide bonds. The molecule has 1 aliphatic rings. The number of carbonyl (C=O) groups is 1. The van der Waals surface area contributed by atoms with E-state index in [-0.39, 0.29) is 18.4 Å². The van der Waals surface area contributed by atoms with E-state index in [2.05, 4.69) is 4.74 Å². The first kappa shape index (κ1) is 14.6. The number of benzene rings is 1. The molecule has 2 N–H and O–H groups in total. The van der Waals surface area contributed by atoms with E-state index in [1.807, 2.05) is 0 Å². The smallest absolute Gasteiger partial charge is 0.333 e. The van der Waals surface area contributed by atoms with E-state index in [0.29, 0.717) is 11.6 Å². The standard InChI is InChI=1S/C14H14F3NO2/c1-20-14(19)7-2-3-8(13(18)4-7)9-5-11(16)12(17)6-10(9)15/h2,5-6,8,13H,3-4,18H2,1H3/t8-,13+/m0/s1. The molecule has 0 aromatic heterocycles. The van der Waals surface area contributed by atoms with E-state index >= 15 is 0 Å². The number of halogens is 3. The van der Waals surface area contributed by atoms with Crippen molar-refractivity contribution in [3.63, 3.8) is 0 Å². The van der Waals surface area contributed by atoms with Crippen LogP contribution in [0, 0.1) is 17.5 Å². The Bertz CT molecular complexity index is 572. The number of esters is 1. The summed E-state index contributed by atoms with van der Waals surface area (Å²) in [6.45, 7) is 0. The molecule has 1 aromatic carbocycles. The molecule has 0 unspecified atom stereocenters. The van der Waals surface area contributed by atoms with Gasteiger partial charge < -0.3 is 10.5 Å². The number of ether oxygens (including phenoxy) is 1. The maximum atomic E-state index is 13.7. The summed E-state index contributed by atoms with van der Waals surface area (Å²) in [6, 6.07) is 0.775. The first-order valence-corrected chi connectivity index (χ1v) is 6.11. The summed E-state index contributed by atoms with van der Waals surface area (Å²) in [4.78, 5) is 11.4. The molecule has 3 nitrogen and oxygen atoms in total. The molecule has 0 heterocycles. The van der Waals surface area contributed by atoms with Crippen LogP contribution >= 0.6 is 0 Å². The predicted octanol–water partition coefficient (Wildman–Crippen LogP) is 2.41. The van der Waals surface area contributed by atoms with Gasteiger partial charge in [0, 0.05) is 23.6 Å². The summed E-state index contributed by atoms with van der Waals surface area (Å²) >= 11 is 0. The molecule has 0 fully saturated rings. The third-order valence-electron chi connectivity index (χ3n) is 3.48. The maximum absolute atomic E-state index is 13.7. The highest BCUT2D eigenvalue weighted by atomic mass is 19.2. The predicted molar refractivity (Wildman–Crippen MR) is 66.4 cm³/mol. The summed E-state index contributed by atoms with van der Waals surface area (Å²) in [5.41, 5.74) is 6.36. The molecule has 20 heavy (non-hydrogen) atoms. The molecule has 0 radical (unpaired) electrons. The van der Waals surface area contributed by atoms with Crippen LogP contribution < -0.4 is 5.73 Å². The maximum Gasteiger partial charge on any atom is 0.333 e. The minimum atomic E-state index is -1.23. The average molecular weight is 285 g/mol. The Labute approximate surface area is 114 Å². The Morgan fingerprint density at radius 2 is 1.90 bits per heavy atom. The first-order chi connectivity index (χ1) is 9.43. The van der Waals surface area contributed by atoms with Crippen molar-refractivity contribution in [3.05, 3.63) is 46.8 Å². The number of nitrogens with two attached hydrogens (primary N) is 1. The third kappa shape index (κ3) is 2.70. The summed E-state index contributed by atoms with van der Waals surface area (Å²) in [5, 5.41) is 0. The lowest BCUT2D eigenvalue weighted by atomic mass is 9.80. The number of hydrogen-bond donors (Lipinski definition) is 1. The van der Waals surface area contributed by atoms with Gasteiger partial charge in [-0.05, 0) is 24.5 Å². The SMILES string of the molecule is COC(=O)C1=CC[C@@H](c2cc(F)c(F)cc2F)[C@H](N)C1. The van der Waals surface area contributed by atoms with Crippen LogP contribution in [0.1, 0.15) is 24.3 Å². The van der Waals surface area contributed by atoms with Crippen LogP contribution in [-0.4, -0.2) is 19.1 Å². The molecule has 1 aromatic rings. The van der Waals surface area contributed by atoms with E-state index in [0.717, 1.165) is 6.07 Å². The number of hydrogen-bond acceptors (Lipinski definition) is 3. The third-order valence-corrected chi connectivity index (χ3v) is 3.48. The van der Waals surface area contributed by atoms with Gasteiger partial charge in [-0.3, -0.25) is 0 Å².